The maximum atomic E-state index is 13.8. The van der Waals surface area contributed by atoms with Crippen LogP contribution in [0.1, 0.15) is 92.9 Å². The van der Waals surface area contributed by atoms with Crippen LogP contribution >= 0.6 is 0 Å². The number of allylic oxidation sites excluding steroid dienone is 1. The molecule has 32 heavy (non-hydrogen) atoms. The third-order valence-corrected chi connectivity index (χ3v) is 9.64. The van der Waals surface area contributed by atoms with Crippen molar-refractivity contribution in [3.05, 3.63) is 11.6 Å². The summed E-state index contributed by atoms with van der Waals surface area (Å²) in [5.74, 6) is 2.02. The van der Waals surface area contributed by atoms with E-state index in [1.807, 2.05) is 33.8 Å². The molecular weight excluding hydrogens is 400 g/mol. The molecule has 1 N–H and O–H groups in total. The van der Waals surface area contributed by atoms with Crippen molar-refractivity contribution in [1.82, 2.24) is 10.2 Å². The van der Waals surface area contributed by atoms with Crippen LogP contribution in [-0.2, 0) is 9.59 Å². The van der Waals surface area contributed by atoms with Gasteiger partial charge in [0.05, 0.1) is 0 Å². The van der Waals surface area contributed by atoms with E-state index in [2.05, 4.69) is 19.2 Å². The lowest BCUT2D eigenvalue weighted by atomic mass is 9.47. The molecule has 4 aliphatic rings. The number of hydrogen-bond donors (Lipinski definition) is 1. The number of amides is 3. The fourth-order valence-corrected chi connectivity index (χ4v) is 8.04. The van der Waals surface area contributed by atoms with Crippen molar-refractivity contribution < 1.29 is 14.4 Å². The zero-order valence-corrected chi connectivity index (χ0v) is 20.9. The molecule has 0 radical (unpaired) electrons. The van der Waals surface area contributed by atoms with E-state index in [1.54, 1.807) is 0 Å². The van der Waals surface area contributed by atoms with E-state index >= 15 is 0 Å². The van der Waals surface area contributed by atoms with Crippen LogP contribution in [0, 0.1) is 34.5 Å². The summed E-state index contributed by atoms with van der Waals surface area (Å²) < 4.78 is 0. The third-order valence-electron chi connectivity index (χ3n) is 9.64. The second-order valence-corrected chi connectivity index (χ2v) is 12.0. The van der Waals surface area contributed by atoms with Crippen molar-refractivity contribution in [3.63, 3.8) is 0 Å². The second-order valence-electron chi connectivity index (χ2n) is 12.0. The van der Waals surface area contributed by atoms with Crippen LogP contribution in [0.2, 0.25) is 0 Å². The molecule has 0 aromatic heterocycles. The number of rotatable bonds is 3. The Morgan fingerprint density at radius 2 is 1.72 bits per heavy atom. The maximum Gasteiger partial charge on any atom is 0.324 e. The molecule has 5 nitrogen and oxygen atoms in total. The molecule has 6 atom stereocenters. The van der Waals surface area contributed by atoms with Crippen LogP contribution in [0.4, 0.5) is 4.79 Å². The first-order valence-corrected chi connectivity index (χ1v) is 12.9. The first-order valence-electron chi connectivity index (χ1n) is 12.9. The number of imide groups is 1. The molecule has 0 bridgehead atoms. The fourth-order valence-electron chi connectivity index (χ4n) is 8.04. The van der Waals surface area contributed by atoms with Gasteiger partial charge in [-0.05, 0) is 107 Å². The van der Waals surface area contributed by atoms with Gasteiger partial charge in [0.15, 0.2) is 5.78 Å². The average molecular weight is 443 g/mol. The first-order chi connectivity index (χ1) is 15.0. The van der Waals surface area contributed by atoms with Gasteiger partial charge in [0.1, 0.15) is 0 Å². The fraction of sp³-hybridized carbons (Fsp3) is 0.815. The Labute approximate surface area is 193 Å². The van der Waals surface area contributed by atoms with E-state index in [1.165, 1.54) is 10.5 Å². The molecule has 0 aliphatic heterocycles. The first kappa shape index (κ1) is 23.5. The second kappa shape index (κ2) is 8.29. The SMILES string of the molecule is CC(C)NC(=O)N(C(=O)C1CC[C@H]2[C@@H]3CCC4=CC(=O)CC[C@]4(C)[C@@H]3CC[C@]12C)C(C)C. The Hall–Kier alpha value is -1.65. The molecular formula is C27H42N2O3. The number of nitrogens with zero attached hydrogens (tertiary/aromatic N) is 1. The predicted octanol–water partition coefficient (Wildman–Crippen LogP) is 5.49. The van der Waals surface area contributed by atoms with Crippen molar-refractivity contribution in [3.8, 4) is 0 Å². The van der Waals surface area contributed by atoms with Crippen molar-refractivity contribution in [1.29, 1.82) is 0 Å². The minimum absolute atomic E-state index is 0.00603. The van der Waals surface area contributed by atoms with Crippen molar-refractivity contribution in [2.75, 3.05) is 0 Å². The summed E-state index contributed by atoms with van der Waals surface area (Å²) >= 11 is 0. The molecule has 0 aromatic rings. The molecule has 0 aromatic carbocycles. The summed E-state index contributed by atoms with van der Waals surface area (Å²) in [6.07, 6.45) is 9.95. The molecule has 4 aliphatic carbocycles. The summed E-state index contributed by atoms with van der Waals surface area (Å²) in [7, 11) is 0. The molecule has 1 unspecified atom stereocenters. The Balaban J connectivity index is 1.58. The number of nitrogens with one attached hydrogen (secondary N) is 1. The van der Waals surface area contributed by atoms with Crippen LogP contribution in [-0.4, -0.2) is 34.7 Å². The smallest absolute Gasteiger partial charge is 0.324 e. The Bertz CT molecular complexity index is 831. The minimum atomic E-state index is -0.257. The standard InChI is InChI=1S/C27H42N2O3/c1-16(2)28-25(32)29(17(3)4)24(31)23-10-9-21-20-8-7-18-15-19(30)11-13-26(18,5)22(20)12-14-27(21,23)6/h15-17,20-23H,7-14H2,1-6H3,(H,28,32)/t20-,21-,22+,23?,26-,27-/m0/s1. The van der Waals surface area contributed by atoms with Crippen LogP contribution in [0.5, 0.6) is 0 Å². The summed E-state index contributed by atoms with van der Waals surface area (Å²) in [6.45, 7) is 12.5. The van der Waals surface area contributed by atoms with E-state index in [0.717, 1.165) is 44.9 Å². The van der Waals surface area contributed by atoms with Gasteiger partial charge in [-0.3, -0.25) is 14.5 Å². The molecule has 178 valence electrons. The highest BCUT2D eigenvalue weighted by molar-refractivity contribution is 5.96. The highest BCUT2D eigenvalue weighted by atomic mass is 16.2. The van der Waals surface area contributed by atoms with E-state index in [0.29, 0.717) is 30.0 Å². The number of carbonyl (C=O) groups excluding carboxylic acids is 3. The zero-order valence-electron chi connectivity index (χ0n) is 20.9. The van der Waals surface area contributed by atoms with Gasteiger partial charge in [0.25, 0.3) is 0 Å². The van der Waals surface area contributed by atoms with Gasteiger partial charge in [-0.1, -0.05) is 19.4 Å². The number of hydrogen-bond acceptors (Lipinski definition) is 3. The van der Waals surface area contributed by atoms with E-state index in [-0.39, 0.29) is 40.8 Å². The van der Waals surface area contributed by atoms with Gasteiger partial charge in [-0.15, -0.1) is 0 Å². The highest BCUT2D eigenvalue weighted by Gasteiger charge is 2.60. The molecule has 0 spiro atoms. The summed E-state index contributed by atoms with van der Waals surface area (Å²) in [4.78, 5) is 40.2. The highest BCUT2D eigenvalue weighted by Crippen LogP contribution is 2.66. The topological polar surface area (TPSA) is 66.5 Å². The van der Waals surface area contributed by atoms with Crippen LogP contribution in [0.15, 0.2) is 11.6 Å². The number of fused-ring (bicyclic) bond motifs is 5. The lowest BCUT2D eigenvalue weighted by Gasteiger charge is -2.58. The monoisotopic (exact) mass is 442 g/mol. The van der Waals surface area contributed by atoms with Crippen molar-refractivity contribution in [2.45, 2.75) is 105 Å². The molecule has 4 rings (SSSR count). The summed E-state index contributed by atoms with van der Waals surface area (Å²) in [6, 6.07) is -0.402. The normalized spacial score (nSPS) is 38.6. The predicted molar refractivity (Wildman–Crippen MR) is 126 cm³/mol. The third kappa shape index (κ3) is 3.64. The van der Waals surface area contributed by atoms with Gasteiger partial charge in [0, 0.05) is 24.4 Å². The maximum absolute atomic E-state index is 13.8. The molecule has 0 heterocycles. The summed E-state index contributed by atoms with van der Waals surface area (Å²) in [5.41, 5.74) is 1.51. The molecule has 3 saturated carbocycles. The van der Waals surface area contributed by atoms with Crippen LogP contribution < -0.4 is 5.32 Å². The molecule has 5 heteroatoms. The quantitative estimate of drug-likeness (QED) is 0.628. The van der Waals surface area contributed by atoms with E-state index < -0.39 is 0 Å². The number of ketones is 1. The summed E-state index contributed by atoms with van der Waals surface area (Å²) in [5, 5.41) is 2.93. The molecule has 3 amide bonds. The van der Waals surface area contributed by atoms with E-state index in [4.69, 9.17) is 0 Å². The number of urea groups is 1. The lowest BCUT2D eigenvalue weighted by Crippen LogP contribution is -2.55. The Morgan fingerprint density at radius 3 is 2.38 bits per heavy atom. The van der Waals surface area contributed by atoms with Gasteiger partial charge in [-0.25, -0.2) is 4.79 Å². The molecule has 3 fully saturated rings. The number of carbonyl (C=O) groups is 3. The van der Waals surface area contributed by atoms with Crippen molar-refractivity contribution in [2.24, 2.45) is 34.5 Å². The largest absolute Gasteiger partial charge is 0.335 e. The molecule has 0 saturated heterocycles. The van der Waals surface area contributed by atoms with Gasteiger partial charge >= 0.3 is 6.03 Å². The van der Waals surface area contributed by atoms with Gasteiger partial charge < -0.3 is 5.32 Å². The Kier molecular flexibility index (Phi) is 6.09. The minimum Gasteiger partial charge on any atom is -0.335 e. The van der Waals surface area contributed by atoms with Gasteiger partial charge in [0.2, 0.25) is 5.91 Å². The average Bonchev–Trinajstić information content (AvgIpc) is 3.05. The lowest BCUT2D eigenvalue weighted by molar-refractivity contribution is -0.141. The van der Waals surface area contributed by atoms with Crippen LogP contribution in [0.25, 0.3) is 0 Å². The van der Waals surface area contributed by atoms with Gasteiger partial charge in [-0.2, -0.15) is 0 Å². The van der Waals surface area contributed by atoms with E-state index in [9.17, 15) is 14.4 Å². The van der Waals surface area contributed by atoms with Crippen LogP contribution in [0.3, 0.4) is 0 Å². The Morgan fingerprint density at radius 1 is 1.00 bits per heavy atom. The zero-order chi connectivity index (χ0) is 23.4. The van der Waals surface area contributed by atoms with Crippen molar-refractivity contribution >= 4 is 17.7 Å².